The molecule has 0 aliphatic rings. The van der Waals surface area contributed by atoms with Crippen molar-refractivity contribution in [1.82, 2.24) is 15.8 Å². The van der Waals surface area contributed by atoms with Crippen LogP contribution in [0.25, 0.3) is 0 Å². The first-order valence-electron chi connectivity index (χ1n) is 4.33. The first kappa shape index (κ1) is 22.7. The summed E-state index contributed by atoms with van der Waals surface area (Å²) in [5.41, 5.74) is 6.63. The molecule has 0 saturated carbocycles. The molecule has 2 N–H and O–H groups in total. The molecule has 0 bridgehead atoms. The van der Waals surface area contributed by atoms with Crippen molar-refractivity contribution in [1.29, 1.82) is 0 Å². The van der Waals surface area contributed by atoms with E-state index < -0.39 is 0 Å². The molecule has 0 aliphatic carbocycles. The van der Waals surface area contributed by atoms with Crippen molar-refractivity contribution >= 4 is 24.0 Å². The zero-order chi connectivity index (χ0) is 11.1. The Morgan fingerprint density at radius 2 is 1.44 bits per heavy atom. The van der Waals surface area contributed by atoms with Crippen LogP contribution in [0.3, 0.4) is 0 Å². The van der Waals surface area contributed by atoms with E-state index in [4.69, 9.17) is 11.6 Å². The molecule has 0 aromatic carbocycles. The summed E-state index contributed by atoms with van der Waals surface area (Å²) < 4.78 is 0. The second kappa shape index (κ2) is 13.0. The third kappa shape index (κ3) is 8.61. The van der Waals surface area contributed by atoms with Crippen molar-refractivity contribution in [2.45, 2.75) is 0 Å². The average molecular weight is 348 g/mol. The Bertz CT molecular complexity index is 354. The largest absolute Gasteiger partial charge is 2.00 e. The predicted octanol–water partition coefficient (Wildman–Crippen LogP) is -5.15. The van der Waals surface area contributed by atoms with Gasteiger partial charge >= 0.3 is 18.6 Å². The summed E-state index contributed by atoms with van der Waals surface area (Å²) in [5.74, 6) is 0. The number of rotatable bonds is 4. The van der Waals surface area contributed by atoms with Gasteiger partial charge in [-0.05, 0) is 12.1 Å². The molecule has 1 aromatic heterocycles. The Balaban J connectivity index is -0.000000750. The summed E-state index contributed by atoms with van der Waals surface area (Å²) >= 11 is 5.90. The minimum Gasteiger partial charge on any atom is -1.00 e. The molecule has 1 rings (SSSR count). The Labute approximate surface area is 136 Å². The molecule has 1 aromatic rings. The van der Waals surface area contributed by atoms with Gasteiger partial charge in [-0.3, -0.25) is 0 Å². The number of hydrogen-bond acceptors (Lipinski definition) is 5. The fraction of sp³-hybridized carbons (Fsp3) is 0.222. The summed E-state index contributed by atoms with van der Waals surface area (Å²) in [6.45, 7) is 0. The summed E-state index contributed by atoms with van der Waals surface area (Å²) in [6.07, 6.45) is 3.17. The molecule has 18 heavy (non-hydrogen) atoms. The number of aromatic nitrogens is 1. The van der Waals surface area contributed by atoms with Gasteiger partial charge in [-0.15, -0.1) is 0 Å². The van der Waals surface area contributed by atoms with Crippen LogP contribution in [0, 0.1) is 0 Å². The summed E-state index contributed by atoms with van der Waals surface area (Å²) in [5, 5.41) is 8.29. The van der Waals surface area contributed by atoms with Gasteiger partial charge in [-0.25, -0.2) is 4.98 Å². The molecule has 1 radical (unpaired) electrons. The predicted molar refractivity (Wildman–Crippen MR) is 62.6 cm³/mol. The summed E-state index contributed by atoms with van der Waals surface area (Å²) in [4.78, 5) is 4.25. The van der Waals surface area contributed by atoms with Crippen LogP contribution >= 0.6 is 11.6 Å². The monoisotopic (exact) mass is 346 g/mol. The molecule has 0 amide bonds. The normalized spacial score (nSPS) is 9.28. The maximum absolute atomic E-state index is 5.90. The fourth-order valence-corrected chi connectivity index (χ4v) is 1.16. The van der Waals surface area contributed by atoms with Crippen LogP contribution in [-0.4, -0.2) is 31.5 Å². The van der Waals surface area contributed by atoms with Crippen molar-refractivity contribution in [3.8, 4) is 0 Å². The third-order valence-corrected chi connectivity index (χ3v) is 1.70. The topological polar surface area (TPSA) is 61.7 Å². The Morgan fingerprint density at radius 1 is 1.06 bits per heavy atom. The van der Waals surface area contributed by atoms with E-state index in [9.17, 15) is 0 Å². The maximum Gasteiger partial charge on any atom is 2.00 e. The first-order chi connectivity index (χ1) is 7.26. The van der Waals surface area contributed by atoms with Crippen LogP contribution < -0.4 is 35.7 Å². The van der Waals surface area contributed by atoms with Crippen LogP contribution in [0.2, 0.25) is 5.02 Å². The van der Waals surface area contributed by atoms with Crippen molar-refractivity contribution in [3.05, 3.63) is 28.5 Å². The third-order valence-electron chi connectivity index (χ3n) is 1.48. The number of hydrogen-bond donors (Lipinski definition) is 2. The van der Waals surface area contributed by atoms with Crippen LogP contribution in [0.4, 0.5) is 0 Å². The molecule has 0 aliphatic heterocycles. The molecule has 99 valence electrons. The number of nitrogens with zero attached hydrogens (tertiary/aromatic N) is 3. The van der Waals surface area contributed by atoms with Gasteiger partial charge in [0.1, 0.15) is 0 Å². The van der Waals surface area contributed by atoms with Crippen LogP contribution in [0.5, 0.6) is 0 Å². The van der Waals surface area contributed by atoms with E-state index in [-0.39, 0.29) is 43.4 Å². The molecule has 0 unspecified atom stereocenters. The number of hydrazone groups is 2. The molecule has 0 atom stereocenters. The van der Waals surface area contributed by atoms with E-state index in [0.29, 0.717) is 16.4 Å². The molecular formula is C9H12Cl3N5V. The van der Waals surface area contributed by atoms with E-state index in [1.54, 1.807) is 38.7 Å². The zero-order valence-corrected chi connectivity index (χ0v) is 13.4. The van der Waals surface area contributed by atoms with Crippen molar-refractivity contribution in [2.24, 2.45) is 10.2 Å². The molecule has 0 spiro atoms. The van der Waals surface area contributed by atoms with Gasteiger partial charge in [0, 0.05) is 19.1 Å². The van der Waals surface area contributed by atoms with Crippen LogP contribution in [0.15, 0.2) is 22.3 Å². The van der Waals surface area contributed by atoms with Crippen molar-refractivity contribution in [3.63, 3.8) is 0 Å². The molecule has 1 heterocycles. The van der Waals surface area contributed by atoms with Gasteiger partial charge in [0.2, 0.25) is 0 Å². The smallest absolute Gasteiger partial charge is 1.00 e. The van der Waals surface area contributed by atoms with E-state index >= 15 is 0 Å². The SMILES string of the molecule is CNN=Cc1cc(Cl)cc(C=NNC)n1.[Cl-].[Cl-].[V+2]. The number of nitrogens with one attached hydrogen (secondary N) is 2. The molecule has 0 saturated heterocycles. The summed E-state index contributed by atoms with van der Waals surface area (Å²) in [7, 11) is 3.43. The summed E-state index contributed by atoms with van der Waals surface area (Å²) in [6, 6.07) is 3.44. The van der Waals surface area contributed by atoms with E-state index in [0.717, 1.165) is 0 Å². The van der Waals surface area contributed by atoms with Gasteiger partial charge in [0.05, 0.1) is 23.8 Å². The Kier molecular flexibility index (Phi) is 16.4. The maximum atomic E-state index is 5.90. The standard InChI is InChI=1S/C9H12ClN5.2ClH.V/c1-11-13-5-8-3-7(10)4-9(15-8)6-14-12-2;;;/h3-6,11-12H,1-2H3;2*1H;/q;;;+2/p-2. The van der Waals surface area contributed by atoms with E-state index in [1.807, 2.05) is 0 Å². The van der Waals surface area contributed by atoms with Crippen LogP contribution in [-0.2, 0) is 18.6 Å². The quantitative estimate of drug-likeness (QED) is 0.423. The molecule has 9 heteroatoms. The van der Waals surface area contributed by atoms with Gasteiger partial charge < -0.3 is 35.7 Å². The first-order valence-corrected chi connectivity index (χ1v) is 4.71. The van der Waals surface area contributed by atoms with Crippen molar-refractivity contribution in [2.75, 3.05) is 14.1 Å². The number of halogens is 3. The van der Waals surface area contributed by atoms with Gasteiger partial charge in [0.15, 0.2) is 0 Å². The van der Waals surface area contributed by atoms with E-state index in [2.05, 4.69) is 26.0 Å². The molecular weight excluding hydrogens is 335 g/mol. The minimum absolute atomic E-state index is 0. The van der Waals surface area contributed by atoms with Crippen molar-refractivity contribution < 1.29 is 43.4 Å². The fourth-order valence-electron chi connectivity index (χ4n) is 0.931. The minimum atomic E-state index is 0. The Morgan fingerprint density at radius 3 is 1.78 bits per heavy atom. The van der Waals surface area contributed by atoms with Gasteiger partial charge in [0.25, 0.3) is 0 Å². The Hall–Kier alpha value is -0.456. The second-order valence-electron chi connectivity index (χ2n) is 2.60. The zero-order valence-electron chi connectivity index (χ0n) is 9.73. The number of pyridine rings is 1. The van der Waals surface area contributed by atoms with Gasteiger partial charge in [-0.1, -0.05) is 11.6 Å². The van der Waals surface area contributed by atoms with Gasteiger partial charge in [-0.2, -0.15) is 10.2 Å². The average Bonchev–Trinajstić information content (AvgIpc) is 2.23. The molecule has 5 nitrogen and oxygen atoms in total. The molecule has 0 fully saturated rings. The van der Waals surface area contributed by atoms with Crippen LogP contribution in [0.1, 0.15) is 11.4 Å². The second-order valence-corrected chi connectivity index (χ2v) is 3.04. The van der Waals surface area contributed by atoms with E-state index in [1.165, 1.54) is 0 Å².